The molecular weight excluding hydrogens is 342 g/mol. The summed E-state index contributed by atoms with van der Waals surface area (Å²) in [6.45, 7) is -1.08. The number of aliphatic carboxylic acids is 1. The normalized spacial score (nSPS) is 11.8. The summed E-state index contributed by atoms with van der Waals surface area (Å²) in [6, 6.07) is 5.44. The van der Waals surface area contributed by atoms with Gasteiger partial charge in [-0.25, -0.2) is 9.48 Å². The van der Waals surface area contributed by atoms with Crippen molar-refractivity contribution in [3.63, 3.8) is 0 Å². The minimum Gasteiger partial charge on any atom is -0.484 e. The van der Waals surface area contributed by atoms with Gasteiger partial charge in [-0.15, -0.1) is 5.10 Å². The van der Waals surface area contributed by atoms with Crippen LogP contribution in [-0.2, 0) is 22.7 Å². The first kappa shape index (κ1) is 17.6. The average Bonchev–Trinajstić information content (AvgIpc) is 2.98. The molecule has 1 aromatic heterocycles. The molecule has 1 aromatic carbocycles. The van der Waals surface area contributed by atoms with Gasteiger partial charge >= 0.3 is 5.97 Å². The van der Waals surface area contributed by atoms with Gasteiger partial charge in [0.1, 0.15) is 24.9 Å². The van der Waals surface area contributed by atoms with Gasteiger partial charge in [-0.3, -0.25) is 4.79 Å². The number of rotatable bonds is 8. The zero-order valence-electron chi connectivity index (χ0n) is 12.3. The van der Waals surface area contributed by atoms with Crippen molar-refractivity contribution in [2.45, 2.75) is 19.2 Å². The number of para-hydroxylation sites is 1. The van der Waals surface area contributed by atoms with Crippen molar-refractivity contribution < 1.29 is 24.5 Å². The summed E-state index contributed by atoms with van der Waals surface area (Å²) in [6.07, 6.45) is 0. The highest BCUT2D eigenvalue weighted by Crippen LogP contribution is 2.23. The lowest BCUT2D eigenvalue weighted by atomic mass is 10.3. The van der Waals surface area contributed by atoms with E-state index in [1.165, 1.54) is 0 Å². The molecule has 1 amide bonds. The molecule has 10 nitrogen and oxygen atoms in total. The Balaban J connectivity index is 1.96. The number of amides is 1. The van der Waals surface area contributed by atoms with Gasteiger partial charge in [-0.1, -0.05) is 23.7 Å². The van der Waals surface area contributed by atoms with Gasteiger partial charge in [-0.05, 0) is 22.6 Å². The molecule has 1 unspecified atom stereocenters. The summed E-state index contributed by atoms with van der Waals surface area (Å²) < 4.78 is 6.64. The summed E-state index contributed by atoms with van der Waals surface area (Å²) in [4.78, 5) is 22.6. The highest BCUT2D eigenvalue weighted by Gasteiger charge is 2.20. The standard InChI is InChI=1S/C13H14ClN5O5/c14-8-3-1-2-4-10(8)24-7-11-16-17-18-19(11)5-12(21)15-9(6-20)13(22)23/h1-4,9,20H,5-7H2,(H,15,21)(H,22,23). The summed E-state index contributed by atoms with van der Waals surface area (Å²) in [7, 11) is 0. The number of tetrazole rings is 1. The van der Waals surface area contributed by atoms with Gasteiger partial charge in [0.2, 0.25) is 5.91 Å². The van der Waals surface area contributed by atoms with Crippen LogP contribution in [0.3, 0.4) is 0 Å². The molecule has 0 aliphatic carbocycles. The van der Waals surface area contributed by atoms with E-state index in [0.29, 0.717) is 10.8 Å². The van der Waals surface area contributed by atoms with Gasteiger partial charge in [-0.2, -0.15) is 0 Å². The minimum atomic E-state index is -1.39. The molecule has 24 heavy (non-hydrogen) atoms. The maximum atomic E-state index is 11.8. The Morgan fingerprint density at radius 1 is 1.38 bits per heavy atom. The SMILES string of the molecule is O=C(Cn1nnnc1COc1ccccc1Cl)NC(CO)C(=O)O. The lowest BCUT2D eigenvalue weighted by Crippen LogP contribution is -2.44. The number of carboxylic acid groups (broad SMARTS) is 1. The molecule has 0 aliphatic rings. The number of nitrogens with zero attached hydrogens (tertiary/aromatic N) is 4. The zero-order valence-corrected chi connectivity index (χ0v) is 13.0. The predicted molar refractivity (Wildman–Crippen MR) is 80.3 cm³/mol. The van der Waals surface area contributed by atoms with Crippen LogP contribution in [0, 0.1) is 0 Å². The molecule has 128 valence electrons. The number of carboxylic acids is 1. The van der Waals surface area contributed by atoms with Crippen molar-refractivity contribution in [1.29, 1.82) is 0 Å². The van der Waals surface area contributed by atoms with E-state index in [4.69, 9.17) is 26.6 Å². The molecular formula is C13H14ClN5O5. The Hall–Kier alpha value is -2.72. The van der Waals surface area contributed by atoms with Crippen LogP contribution in [-0.4, -0.2) is 54.9 Å². The first-order valence-corrected chi connectivity index (χ1v) is 7.14. The molecule has 2 aromatic rings. The third-order valence-corrected chi connectivity index (χ3v) is 3.22. The Morgan fingerprint density at radius 2 is 2.12 bits per heavy atom. The summed E-state index contributed by atoms with van der Waals surface area (Å²) >= 11 is 5.96. The quantitative estimate of drug-likeness (QED) is 0.574. The highest BCUT2D eigenvalue weighted by molar-refractivity contribution is 6.32. The van der Waals surface area contributed by atoms with E-state index >= 15 is 0 Å². The van der Waals surface area contributed by atoms with Gasteiger partial charge in [0.05, 0.1) is 11.6 Å². The first-order chi connectivity index (χ1) is 11.5. The number of hydrogen-bond donors (Lipinski definition) is 3. The number of aliphatic hydroxyl groups excluding tert-OH is 1. The Labute approximate surface area is 141 Å². The van der Waals surface area contributed by atoms with Crippen molar-refractivity contribution in [3.05, 3.63) is 35.1 Å². The number of carbonyl (C=O) groups excluding carboxylic acids is 1. The lowest BCUT2D eigenvalue weighted by molar-refractivity contribution is -0.143. The van der Waals surface area contributed by atoms with Gasteiger partial charge in [0.25, 0.3) is 0 Å². The number of aliphatic hydroxyl groups is 1. The fraction of sp³-hybridized carbons (Fsp3) is 0.308. The van der Waals surface area contributed by atoms with Crippen molar-refractivity contribution in [2.75, 3.05) is 6.61 Å². The van der Waals surface area contributed by atoms with E-state index in [1.807, 2.05) is 0 Å². The van der Waals surface area contributed by atoms with Crippen LogP contribution in [0.5, 0.6) is 5.75 Å². The van der Waals surface area contributed by atoms with E-state index in [-0.39, 0.29) is 19.0 Å². The molecule has 1 heterocycles. The van der Waals surface area contributed by atoms with Gasteiger partial charge in [0.15, 0.2) is 5.82 Å². The summed E-state index contributed by atoms with van der Waals surface area (Å²) in [5, 5.41) is 31.1. The third kappa shape index (κ3) is 4.64. The van der Waals surface area contributed by atoms with E-state index in [0.717, 1.165) is 4.68 Å². The topological polar surface area (TPSA) is 139 Å². The average molecular weight is 356 g/mol. The van der Waals surface area contributed by atoms with Crippen molar-refractivity contribution in [2.24, 2.45) is 0 Å². The molecule has 0 aliphatic heterocycles. The van der Waals surface area contributed by atoms with Crippen LogP contribution in [0.4, 0.5) is 0 Å². The number of hydrogen-bond acceptors (Lipinski definition) is 7. The fourth-order valence-corrected chi connectivity index (χ4v) is 1.91. The second kappa shape index (κ2) is 8.22. The fourth-order valence-electron chi connectivity index (χ4n) is 1.71. The van der Waals surface area contributed by atoms with Crippen molar-refractivity contribution in [3.8, 4) is 5.75 Å². The predicted octanol–water partition coefficient (Wildman–Crippen LogP) is -0.533. The molecule has 0 saturated carbocycles. The van der Waals surface area contributed by atoms with Crippen LogP contribution in [0.2, 0.25) is 5.02 Å². The number of halogens is 1. The molecule has 11 heteroatoms. The second-order valence-corrected chi connectivity index (χ2v) is 5.02. The number of aromatic nitrogens is 4. The number of nitrogens with one attached hydrogen (secondary N) is 1. The van der Waals surface area contributed by atoms with Crippen LogP contribution < -0.4 is 10.1 Å². The van der Waals surface area contributed by atoms with Crippen LogP contribution in [0.25, 0.3) is 0 Å². The lowest BCUT2D eigenvalue weighted by Gasteiger charge is -2.12. The molecule has 0 saturated heterocycles. The van der Waals surface area contributed by atoms with E-state index in [2.05, 4.69) is 20.8 Å². The summed E-state index contributed by atoms with van der Waals surface area (Å²) in [5.41, 5.74) is 0. The maximum absolute atomic E-state index is 11.8. The smallest absolute Gasteiger partial charge is 0.328 e. The maximum Gasteiger partial charge on any atom is 0.328 e. The van der Waals surface area contributed by atoms with Gasteiger partial charge in [0, 0.05) is 0 Å². The van der Waals surface area contributed by atoms with E-state index in [1.54, 1.807) is 24.3 Å². The monoisotopic (exact) mass is 355 g/mol. The highest BCUT2D eigenvalue weighted by atomic mass is 35.5. The molecule has 0 bridgehead atoms. The van der Waals surface area contributed by atoms with E-state index in [9.17, 15) is 9.59 Å². The van der Waals surface area contributed by atoms with Crippen LogP contribution >= 0.6 is 11.6 Å². The van der Waals surface area contributed by atoms with Crippen molar-refractivity contribution in [1.82, 2.24) is 25.5 Å². The second-order valence-electron chi connectivity index (χ2n) is 4.61. The number of benzene rings is 1. The van der Waals surface area contributed by atoms with Crippen LogP contribution in [0.15, 0.2) is 24.3 Å². The van der Waals surface area contributed by atoms with E-state index < -0.39 is 24.5 Å². The Kier molecular flexibility index (Phi) is 6.04. The Bertz CT molecular complexity index is 722. The largest absolute Gasteiger partial charge is 0.484 e. The molecule has 0 spiro atoms. The zero-order chi connectivity index (χ0) is 17.5. The molecule has 2 rings (SSSR count). The van der Waals surface area contributed by atoms with Gasteiger partial charge < -0.3 is 20.3 Å². The Morgan fingerprint density at radius 3 is 2.79 bits per heavy atom. The first-order valence-electron chi connectivity index (χ1n) is 6.76. The molecule has 0 fully saturated rings. The third-order valence-electron chi connectivity index (χ3n) is 2.91. The number of carbonyl (C=O) groups is 2. The molecule has 3 N–H and O–H groups in total. The number of ether oxygens (including phenoxy) is 1. The van der Waals surface area contributed by atoms with Crippen LogP contribution in [0.1, 0.15) is 5.82 Å². The minimum absolute atomic E-state index is 0.0353. The van der Waals surface area contributed by atoms with Crippen molar-refractivity contribution >= 4 is 23.5 Å². The molecule has 1 atom stereocenters. The molecule has 0 radical (unpaired) electrons. The summed E-state index contributed by atoms with van der Waals surface area (Å²) in [5.74, 6) is -1.32.